The Labute approximate surface area is 116 Å². The number of nitrogens with zero attached hydrogens (tertiary/aromatic N) is 1. The molecule has 110 valence electrons. The van der Waals surface area contributed by atoms with Crippen LogP contribution in [0.1, 0.15) is 26.2 Å². The number of rotatable bonds is 6. The van der Waals surface area contributed by atoms with Crippen molar-refractivity contribution in [2.75, 3.05) is 25.1 Å². The molecule has 3 atom stereocenters. The van der Waals surface area contributed by atoms with E-state index in [0.29, 0.717) is 25.3 Å². The third-order valence-corrected chi connectivity index (χ3v) is 4.06. The largest absolute Gasteiger partial charge is 0.481 e. The smallest absolute Gasteiger partial charge is 0.317 e. The van der Waals surface area contributed by atoms with Crippen molar-refractivity contribution >= 4 is 22.8 Å². The highest BCUT2D eigenvalue weighted by Gasteiger charge is 2.28. The van der Waals surface area contributed by atoms with Gasteiger partial charge in [0, 0.05) is 48.4 Å². The summed E-state index contributed by atoms with van der Waals surface area (Å²) >= 11 is 0. The normalized spacial score (nSPS) is 22.0. The van der Waals surface area contributed by atoms with Crippen molar-refractivity contribution < 1.29 is 18.9 Å². The zero-order valence-electron chi connectivity index (χ0n) is 11.4. The van der Waals surface area contributed by atoms with Gasteiger partial charge in [-0.1, -0.05) is 0 Å². The van der Waals surface area contributed by atoms with Crippen LogP contribution in [0.5, 0.6) is 0 Å². The van der Waals surface area contributed by atoms with E-state index in [-0.39, 0.29) is 24.4 Å². The maximum absolute atomic E-state index is 11.9. The third kappa shape index (κ3) is 6.04. The minimum Gasteiger partial charge on any atom is -0.481 e. The Morgan fingerprint density at radius 2 is 2.21 bits per heavy atom. The minimum absolute atomic E-state index is 0.0186. The number of aliphatic carboxylic acids is 1. The number of carbonyl (C=O) groups is 2. The molecule has 0 radical (unpaired) electrons. The monoisotopic (exact) mass is 290 g/mol. The first kappa shape index (κ1) is 15.9. The Hall–Kier alpha value is -1.11. The number of carbonyl (C=O) groups excluding carboxylic acids is 1. The molecule has 1 aliphatic rings. The molecule has 0 aromatic carbocycles. The molecule has 0 bridgehead atoms. The van der Waals surface area contributed by atoms with Crippen molar-refractivity contribution in [1.29, 1.82) is 0 Å². The highest BCUT2D eigenvalue weighted by molar-refractivity contribution is 7.84. The lowest BCUT2D eigenvalue weighted by atomic mass is 10.1. The fraction of sp³-hybridized carbons (Fsp3) is 0.833. The van der Waals surface area contributed by atoms with Gasteiger partial charge in [0.05, 0.1) is 0 Å². The van der Waals surface area contributed by atoms with E-state index >= 15 is 0 Å². The molecule has 6 nitrogen and oxygen atoms in total. The number of likely N-dealkylation sites (tertiary alicyclic amines) is 1. The fourth-order valence-corrected chi connectivity index (χ4v) is 2.83. The molecule has 1 rings (SSSR count). The van der Waals surface area contributed by atoms with Crippen molar-refractivity contribution in [1.82, 2.24) is 10.2 Å². The lowest BCUT2D eigenvalue weighted by Gasteiger charge is -2.20. The maximum Gasteiger partial charge on any atom is 0.317 e. The first-order valence-corrected chi connectivity index (χ1v) is 8.18. The lowest BCUT2D eigenvalue weighted by Crippen LogP contribution is -2.43. The van der Waals surface area contributed by atoms with Crippen LogP contribution in [0.2, 0.25) is 0 Å². The Kier molecular flexibility index (Phi) is 6.27. The van der Waals surface area contributed by atoms with Gasteiger partial charge in [-0.2, -0.15) is 0 Å². The van der Waals surface area contributed by atoms with E-state index < -0.39 is 16.8 Å². The second-order valence-corrected chi connectivity index (χ2v) is 6.67. The standard InChI is InChI=1S/C12H22N2O4S/c1-9(4-6-19(2)18)13-12(17)14-5-3-10(8-14)7-11(15)16/h9-10H,3-8H2,1-2H3,(H,13,17)(H,15,16). The number of nitrogens with one attached hydrogen (secondary N) is 1. The summed E-state index contributed by atoms with van der Waals surface area (Å²) in [6.45, 7) is 3.00. The summed E-state index contributed by atoms with van der Waals surface area (Å²) in [5, 5.41) is 11.6. The first-order valence-electron chi connectivity index (χ1n) is 6.45. The van der Waals surface area contributed by atoms with Gasteiger partial charge < -0.3 is 15.3 Å². The van der Waals surface area contributed by atoms with Crippen LogP contribution in [0.3, 0.4) is 0 Å². The van der Waals surface area contributed by atoms with Crippen LogP contribution in [-0.2, 0) is 15.6 Å². The quantitative estimate of drug-likeness (QED) is 0.752. The van der Waals surface area contributed by atoms with Gasteiger partial charge in [0.2, 0.25) is 0 Å². The number of urea groups is 1. The van der Waals surface area contributed by atoms with Gasteiger partial charge in [0.25, 0.3) is 0 Å². The van der Waals surface area contributed by atoms with Crippen LogP contribution >= 0.6 is 0 Å². The molecule has 0 aromatic rings. The summed E-state index contributed by atoms with van der Waals surface area (Å²) < 4.78 is 11.0. The van der Waals surface area contributed by atoms with Gasteiger partial charge in [-0.15, -0.1) is 0 Å². The van der Waals surface area contributed by atoms with Crippen molar-refractivity contribution in [2.24, 2.45) is 5.92 Å². The van der Waals surface area contributed by atoms with E-state index in [1.165, 1.54) is 0 Å². The molecule has 7 heteroatoms. The van der Waals surface area contributed by atoms with E-state index in [0.717, 1.165) is 6.42 Å². The number of hydrogen-bond donors (Lipinski definition) is 2. The van der Waals surface area contributed by atoms with Crippen LogP contribution in [0.25, 0.3) is 0 Å². The third-order valence-electron chi connectivity index (χ3n) is 3.24. The lowest BCUT2D eigenvalue weighted by molar-refractivity contribution is -0.138. The Morgan fingerprint density at radius 3 is 2.79 bits per heavy atom. The molecule has 0 aliphatic carbocycles. The van der Waals surface area contributed by atoms with Crippen molar-refractivity contribution in [3.63, 3.8) is 0 Å². The highest BCUT2D eigenvalue weighted by atomic mass is 32.2. The van der Waals surface area contributed by atoms with Crippen LogP contribution in [0, 0.1) is 5.92 Å². The molecule has 3 unspecified atom stereocenters. The summed E-state index contributed by atoms with van der Waals surface area (Å²) in [6, 6.07) is -0.169. The molecule has 0 saturated carbocycles. The van der Waals surface area contributed by atoms with Gasteiger partial charge in [-0.3, -0.25) is 9.00 Å². The van der Waals surface area contributed by atoms with Crippen LogP contribution in [-0.4, -0.2) is 57.4 Å². The van der Waals surface area contributed by atoms with Gasteiger partial charge in [-0.25, -0.2) is 4.79 Å². The fourth-order valence-electron chi connectivity index (χ4n) is 2.15. The van der Waals surface area contributed by atoms with Gasteiger partial charge in [0.1, 0.15) is 0 Å². The average Bonchev–Trinajstić information content (AvgIpc) is 2.74. The van der Waals surface area contributed by atoms with Gasteiger partial charge >= 0.3 is 12.0 Å². The Balaban J connectivity index is 2.30. The molecule has 0 aromatic heterocycles. The van der Waals surface area contributed by atoms with E-state index in [1.807, 2.05) is 6.92 Å². The summed E-state index contributed by atoms with van der Waals surface area (Å²) in [6.07, 6.45) is 3.19. The first-order chi connectivity index (χ1) is 8.88. The number of amides is 2. The van der Waals surface area contributed by atoms with Crippen LogP contribution in [0.15, 0.2) is 0 Å². The molecule has 1 aliphatic heterocycles. The second kappa shape index (κ2) is 7.47. The summed E-state index contributed by atoms with van der Waals surface area (Å²) in [5.74, 6) is -0.184. The predicted octanol–water partition coefficient (Wildman–Crippen LogP) is 0.650. The van der Waals surface area contributed by atoms with E-state index in [2.05, 4.69) is 5.32 Å². The molecule has 1 heterocycles. The maximum atomic E-state index is 11.9. The van der Waals surface area contributed by atoms with E-state index in [4.69, 9.17) is 5.11 Å². The topological polar surface area (TPSA) is 86.7 Å². The Bertz CT molecular complexity index is 362. The summed E-state index contributed by atoms with van der Waals surface area (Å²) in [7, 11) is -0.846. The summed E-state index contributed by atoms with van der Waals surface area (Å²) in [4.78, 5) is 24.2. The Morgan fingerprint density at radius 1 is 1.53 bits per heavy atom. The summed E-state index contributed by atoms with van der Waals surface area (Å²) in [5.41, 5.74) is 0. The number of carboxylic acid groups (broad SMARTS) is 1. The number of hydrogen-bond acceptors (Lipinski definition) is 3. The average molecular weight is 290 g/mol. The molecular weight excluding hydrogens is 268 g/mol. The van der Waals surface area contributed by atoms with Gasteiger partial charge in [-0.05, 0) is 25.7 Å². The molecule has 1 fully saturated rings. The van der Waals surface area contributed by atoms with Crippen LogP contribution in [0.4, 0.5) is 4.79 Å². The SMILES string of the molecule is CC(CCS(C)=O)NC(=O)N1CCC(CC(=O)O)C1. The molecule has 0 spiro atoms. The zero-order chi connectivity index (χ0) is 14.4. The van der Waals surface area contributed by atoms with Crippen molar-refractivity contribution in [3.8, 4) is 0 Å². The molecule has 1 saturated heterocycles. The molecule has 2 amide bonds. The predicted molar refractivity (Wildman–Crippen MR) is 73.5 cm³/mol. The van der Waals surface area contributed by atoms with Gasteiger partial charge in [0.15, 0.2) is 0 Å². The van der Waals surface area contributed by atoms with Crippen LogP contribution < -0.4 is 5.32 Å². The van der Waals surface area contributed by atoms with E-state index in [1.54, 1.807) is 11.2 Å². The highest BCUT2D eigenvalue weighted by Crippen LogP contribution is 2.19. The van der Waals surface area contributed by atoms with E-state index in [9.17, 15) is 13.8 Å². The van der Waals surface area contributed by atoms with Crippen molar-refractivity contribution in [3.05, 3.63) is 0 Å². The zero-order valence-corrected chi connectivity index (χ0v) is 12.2. The molecular formula is C12H22N2O4S. The molecule has 19 heavy (non-hydrogen) atoms. The minimum atomic E-state index is -0.846. The second-order valence-electron chi connectivity index (χ2n) is 5.12. The van der Waals surface area contributed by atoms with Crippen molar-refractivity contribution in [2.45, 2.75) is 32.2 Å². The number of carboxylic acids is 1. The molecule has 2 N–H and O–H groups in total.